The van der Waals surface area contributed by atoms with Crippen LogP contribution in [0.2, 0.25) is 0 Å². The maximum atomic E-state index is 12.2. The summed E-state index contributed by atoms with van der Waals surface area (Å²) >= 11 is 0. The van der Waals surface area contributed by atoms with E-state index in [1.807, 2.05) is 29.6 Å². The third-order valence-corrected chi connectivity index (χ3v) is 4.57. The molecule has 132 valence electrons. The summed E-state index contributed by atoms with van der Waals surface area (Å²) in [7, 11) is 1.95. The highest BCUT2D eigenvalue weighted by Crippen LogP contribution is 2.28. The maximum Gasteiger partial charge on any atom is 0.249 e. The molecular formula is C17H26N4O3. The van der Waals surface area contributed by atoms with Crippen molar-refractivity contribution in [3.63, 3.8) is 0 Å². The smallest absolute Gasteiger partial charge is 0.249 e. The molecular weight excluding hydrogens is 308 g/mol. The SMILES string of the molecule is CCN1C(=O)CO[C@@H](CNCC2=CCCOC2)[C@@H]1c1nccn1C. The monoisotopic (exact) mass is 334 g/mol. The summed E-state index contributed by atoms with van der Waals surface area (Å²) in [6.45, 7) is 5.73. The number of aryl methyl sites for hydroxylation is 1. The number of hydrogen-bond donors (Lipinski definition) is 1. The van der Waals surface area contributed by atoms with Gasteiger partial charge < -0.3 is 24.3 Å². The fourth-order valence-corrected chi connectivity index (χ4v) is 3.33. The number of imidazole rings is 1. The Kier molecular flexibility index (Phi) is 5.65. The third kappa shape index (κ3) is 3.68. The fourth-order valence-electron chi connectivity index (χ4n) is 3.33. The van der Waals surface area contributed by atoms with Gasteiger partial charge in [-0.05, 0) is 18.9 Å². The highest BCUT2D eigenvalue weighted by molar-refractivity contribution is 5.78. The first-order chi connectivity index (χ1) is 11.7. The Morgan fingerprint density at radius 1 is 1.42 bits per heavy atom. The van der Waals surface area contributed by atoms with Crippen LogP contribution in [-0.4, -0.2) is 65.9 Å². The van der Waals surface area contributed by atoms with Gasteiger partial charge in [0.25, 0.3) is 0 Å². The first-order valence-corrected chi connectivity index (χ1v) is 8.55. The van der Waals surface area contributed by atoms with Crippen LogP contribution in [0.3, 0.4) is 0 Å². The minimum atomic E-state index is -0.166. The summed E-state index contributed by atoms with van der Waals surface area (Å²) in [5, 5.41) is 3.45. The highest BCUT2D eigenvalue weighted by Gasteiger charge is 2.38. The van der Waals surface area contributed by atoms with Crippen LogP contribution < -0.4 is 5.32 Å². The topological polar surface area (TPSA) is 68.6 Å². The van der Waals surface area contributed by atoms with E-state index in [0.717, 1.165) is 25.4 Å². The van der Waals surface area contributed by atoms with Gasteiger partial charge in [0, 0.05) is 39.1 Å². The second-order valence-corrected chi connectivity index (χ2v) is 6.20. The lowest BCUT2D eigenvalue weighted by Gasteiger charge is -2.40. The van der Waals surface area contributed by atoms with E-state index >= 15 is 0 Å². The lowest BCUT2D eigenvalue weighted by molar-refractivity contribution is -0.157. The van der Waals surface area contributed by atoms with Crippen LogP contribution in [0.15, 0.2) is 24.0 Å². The summed E-state index contributed by atoms with van der Waals surface area (Å²) in [6, 6.07) is -0.166. The number of hydrogen-bond acceptors (Lipinski definition) is 5. The van der Waals surface area contributed by atoms with Gasteiger partial charge in [-0.25, -0.2) is 4.98 Å². The van der Waals surface area contributed by atoms with Crippen molar-refractivity contribution >= 4 is 5.91 Å². The number of rotatable bonds is 6. The van der Waals surface area contributed by atoms with E-state index in [0.29, 0.717) is 19.7 Å². The molecule has 2 atom stereocenters. The summed E-state index contributed by atoms with van der Waals surface area (Å²) in [4.78, 5) is 18.5. The normalized spacial score (nSPS) is 25.0. The van der Waals surface area contributed by atoms with Gasteiger partial charge >= 0.3 is 0 Å². The van der Waals surface area contributed by atoms with Crippen molar-refractivity contribution in [1.29, 1.82) is 0 Å². The minimum absolute atomic E-state index is 0.0186. The van der Waals surface area contributed by atoms with E-state index in [4.69, 9.17) is 9.47 Å². The number of carbonyl (C=O) groups excluding carboxylic acids is 1. The van der Waals surface area contributed by atoms with Gasteiger partial charge in [-0.1, -0.05) is 6.08 Å². The van der Waals surface area contributed by atoms with Crippen LogP contribution in [0.25, 0.3) is 0 Å². The van der Waals surface area contributed by atoms with E-state index in [1.165, 1.54) is 5.57 Å². The van der Waals surface area contributed by atoms with Gasteiger partial charge in [0.05, 0.1) is 19.3 Å². The Bertz CT molecular complexity index is 598. The first-order valence-electron chi connectivity index (χ1n) is 8.55. The lowest BCUT2D eigenvalue weighted by Crippen LogP contribution is -2.52. The van der Waals surface area contributed by atoms with Crippen molar-refractivity contribution < 1.29 is 14.3 Å². The number of amides is 1. The van der Waals surface area contributed by atoms with Crippen molar-refractivity contribution in [1.82, 2.24) is 19.8 Å². The number of nitrogens with one attached hydrogen (secondary N) is 1. The van der Waals surface area contributed by atoms with E-state index in [9.17, 15) is 4.79 Å². The summed E-state index contributed by atoms with van der Waals surface area (Å²) < 4.78 is 13.3. The molecule has 3 heterocycles. The van der Waals surface area contributed by atoms with Gasteiger partial charge in [0.15, 0.2) is 0 Å². The number of nitrogens with zero attached hydrogens (tertiary/aromatic N) is 3. The molecule has 0 spiro atoms. The van der Waals surface area contributed by atoms with Crippen molar-refractivity contribution in [2.24, 2.45) is 7.05 Å². The van der Waals surface area contributed by atoms with Gasteiger partial charge in [-0.15, -0.1) is 0 Å². The van der Waals surface area contributed by atoms with Crippen LogP contribution in [0.4, 0.5) is 0 Å². The van der Waals surface area contributed by atoms with E-state index < -0.39 is 0 Å². The second-order valence-electron chi connectivity index (χ2n) is 6.20. The van der Waals surface area contributed by atoms with Crippen LogP contribution in [-0.2, 0) is 21.3 Å². The number of likely N-dealkylation sites (N-methyl/N-ethyl adjacent to an activating group) is 1. The zero-order valence-corrected chi connectivity index (χ0v) is 14.4. The maximum absolute atomic E-state index is 12.2. The molecule has 1 aromatic heterocycles. The van der Waals surface area contributed by atoms with E-state index in [2.05, 4.69) is 16.4 Å². The number of ether oxygens (including phenoxy) is 2. The van der Waals surface area contributed by atoms with Crippen molar-refractivity contribution in [2.45, 2.75) is 25.5 Å². The standard InChI is InChI=1S/C17H26N4O3/c1-3-21-15(22)12-24-14(16(21)17-19-6-7-20(17)2)10-18-9-13-5-4-8-23-11-13/h5-7,14,16,18H,3-4,8-12H2,1-2H3/t14-,16+/m0/s1. The Morgan fingerprint density at radius 3 is 2.96 bits per heavy atom. The zero-order chi connectivity index (χ0) is 16.9. The Labute approximate surface area is 142 Å². The molecule has 0 aromatic carbocycles. The molecule has 0 unspecified atom stereocenters. The summed E-state index contributed by atoms with van der Waals surface area (Å²) in [6.07, 6.45) is 6.75. The zero-order valence-electron chi connectivity index (χ0n) is 14.4. The molecule has 0 radical (unpaired) electrons. The predicted molar refractivity (Wildman–Crippen MR) is 89.5 cm³/mol. The average Bonchev–Trinajstić information content (AvgIpc) is 3.02. The molecule has 0 aliphatic carbocycles. The van der Waals surface area contributed by atoms with Crippen LogP contribution in [0, 0.1) is 0 Å². The van der Waals surface area contributed by atoms with Crippen LogP contribution >= 0.6 is 0 Å². The molecule has 1 fully saturated rings. The number of morpholine rings is 1. The average molecular weight is 334 g/mol. The van der Waals surface area contributed by atoms with Crippen LogP contribution in [0.5, 0.6) is 0 Å². The molecule has 0 bridgehead atoms. The lowest BCUT2D eigenvalue weighted by atomic mass is 10.1. The Morgan fingerprint density at radius 2 is 2.29 bits per heavy atom. The van der Waals surface area contributed by atoms with Gasteiger partial charge in [-0.2, -0.15) is 0 Å². The predicted octanol–water partition coefficient (Wildman–Crippen LogP) is 0.645. The van der Waals surface area contributed by atoms with Gasteiger partial charge in [-0.3, -0.25) is 4.79 Å². The van der Waals surface area contributed by atoms with E-state index in [1.54, 1.807) is 6.20 Å². The van der Waals surface area contributed by atoms with Gasteiger partial charge in [0.2, 0.25) is 5.91 Å². The summed E-state index contributed by atoms with van der Waals surface area (Å²) in [5.74, 6) is 0.877. The highest BCUT2D eigenvalue weighted by atomic mass is 16.5. The second kappa shape index (κ2) is 7.92. The van der Waals surface area contributed by atoms with Crippen molar-refractivity contribution in [3.8, 4) is 0 Å². The molecule has 1 saturated heterocycles. The van der Waals surface area contributed by atoms with Crippen molar-refractivity contribution in [2.75, 3.05) is 39.5 Å². The molecule has 7 nitrogen and oxygen atoms in total. The molecule has 7 heteroatoms. The first kappa shape index (κ1) is 17.1. The van der Waals surface area contributed by atoms with Crippen LogP contribution in [0.1, 0.15) is 25.2 Å². The largest absolute Gasteiger partial charge is 0.377 e. The molecule has 0 saturated carbocycles. The minimum Gasteiger partial charge on any atom is -0.377 e. The molecule has 1 aromatic rings. The number of carbonyl (C=O) groups is 1. The molecule has 2 aliphatic rings. The number of aromatic nitrogens is 2. The third-order valence-electron chi connectivity index (χ3n) is 4.57. The van der Waals surface area contributed by atoms with Crippen molar-refractivity contribution in [3.05, 3.63) is 29.9 Å². The Balaban J connectivity index is 1.68. The molecule has 24 heavy (non-hydrogen) atoms. The fraction of sp³-hybridized carbons (Fsp3) is 0.647. The van der Waals surface area contributed by atoms with E-state index in [-0.39, 0.29) is 24.7 Å². The Hall–Kier alpha value is -1.70. The molecule has 1 N–H and O–H groups in total. The summed E-state index contributed by atoms with van der Waals surface area (Å²) in [5.41, 5.74) is 1.27. The molecule has 2 aliphatic heterocycles. The molecule has 3 rings (SSSR count). The quantitative estimate of drug-likeness (QED) is 0.774. The molecule has 1 amide bonds. The van der Waals surface area contributed by atoms with Gasteiger partial charge in [0.1, 0.15) is 18.5 Å².